The lowest BCUT2D eigenvalue weighted by atomic mass is 9.93. The van der Waals surface area contributed by atoms with Crippen LogP contribution in [0.25, 0.3) is 0 Å². The van der Waals surface area contributed by atoms with Crippen molar-refractivity contribution in [2.75, 3.05) is 7.05 Å². The lowest BCUT2D eigenvalue weighted by Gasteiger charge is -2.35. The van der Waals surface area contributed by atoms with Crippen molar-refractivity contribution in [1.29, 1.82) is 0 Å². The number of likely N-dealkylation sites (N-methyl/N-ethyl adjacent to an activating group) is 1. The maximum Gasteiger partial charge on any atom is 0.564 e. The van der Waals surface area contributed by atoms with Crippen LogP contribution in [0, 0.1) is 0 Å². The Kier molecular flexibility index (Phi) is 5.51. The first kappa shape index (κ1) is 20.0. The van der Waals surface area contributed by atoms with Crippen molar-refractivity contribution < 1.29 is 18.7 Å². The maximum atomic E-state index is 13.7. The fourth-order valence-corrected chi connectivity index (χ4v) is 4.79. The molecule has 154 valence electrons. The molecule has 3 aromatic rings. The number of para-hydroxylation sites is 2. The Morgan fingerprint density at radius 2 is 1.53 bits per heavy atom. The van der Waals surface area contributed by atoms with Crippen LogP contribution in [0.5, 0.6) is 17.2 Å². The largest absolute Gasteiger partial charge is 0.564 e. The van der Waals surface area contributed by atoms with Gasteiger partial charge in [-0.05, 0) is 54.4 Å². The molecule has 0 aliphatic carbocycles. The summed E-state index contributed by atoms with van der Waals surface area (Å²) in [4.78, 5) is 1.93. The third-order valence-corrected chi connectivity index (χ3v) is 6.44. The Morgan fingerprint density at radius 3 is 2.10 bits per heavy atom. The molecule has 6 nitrogen and oxygen atoms in total. The van der Waals surface area contributed by atoms with Gasteiger partial charge in [0.1, 0.15) is 23.1 Å². The molecule has 0 spiro atoms. The molecule has 7 heteroatoms. The van der Waals surface area contributed by atoms with Crippen LogP contribution in [-0.2, 0) is 11.0 Å². The third-order valence-electron chi connectivity index (χ3n) is 5.08. The van der Waals surface area contributed by atoms with E-state index in [4.69, 9.17) is 9.05 Å². The van der Waals surface area contributed by atoms with Crippen LogP contribution in [0.1, 0.15) is 24.1 Å². The first-order valence-electron chi connectivity index (χ1n) is 9.66. The van der Waals surface area contributed by atoms with Gasteiger partial charge in [0.15, 0.2) is 0 Å². The molecule has 30 heavy (non-hydrogen) atoms. The average Bonchev–Trinajstić information content (AvgIpc) is 2.74. The van der Waals surface area contributed by atoms with Crippen molar-refractivity contribution in [2.24, 2.45) is 4.76 Å². The number of benzene rings is 3. The van der Waals surface area contributed by atoms with E-state index in [2.05, 4.69) is 4.76 Å². The van der Waals surface area contributed by atoms with E-state index in [9.17, 15) is 9.67 Å². The Hall–Kier alpha value is -3.24. The van der Waals surface area contributed by atoms with E-state index in [0.717, 1.165) is 11.1 Å². The third kappa shape index (κ3) is 4.34. The second kappa shape index (κ2) is 8.25. The minimum absolute atomic E-state index is 0.0542. The molecule has 1 N–H and O–H groups in total. The summed E-state index contributed by atoms with van der Waals surface area (Å²) in [5, 5.41) is 9.84. The van der Waals surface area contributed by atoms with E-state index in [0.29, 0.717) is 23.8 Å². The molecular weight excluding hydrogens is 399 g/mol. The van der Waals surface area contributed by atoms with Crippen molar-refractivity contribution >= 4 is 13.6 Å². The van der Waals surface area contributed by atoms with E-state index >= 15 is 0 Å². The van der Waals surface area contributed by atoms with Gasteiger partial charge < -0.3 is 19.1 Å². The van der Waals surface area contributed by atoms with Gasteiger partial charge in [-0.15, -0.1) is 4.76 Å². The number of phenols is 1. The Morgan fingerprint density at radius 1 is 0.967 bits per heavy atom. The zero-order valence-electron chi connectivity index (χ0n) is 16.8. The van der Waals surface area contributed by atoms with E-state index in [1.807, 2.05) is 37.1 Å². The van der Waals surface area contributed by atoms with E-state index in [-0.39, 0.29) is 11.8 Å². The molecule has 0 fully saturated rings. The molecule has 1 unspecified atom stereocenters. The quantitative estimate of drug-likeness (QED) is 0.542. The van der Waals surface area contributed by atoms with E-state index in [1.54, 1.807) is 60.7 Å². The second-order valence-corrected chi connectivity index (χ2v) is 8.64. The number of nitrogens with zero attached hydrogens (tertiary/aromatic N) is 2. The molecule has 0 aromatic heterocycles. The predicted octanol–water partition coefficient (Wildman–Crippen LogP) is 5.61. The summed E-state index contributed by atoms with van der Waals surface area (Å²) in [5.74, 6) is 1.65. The minimum atomic E-state index is -3.92. The molecule has 0 radical (unpaired) electrons. The highest BCUT2D eigenvalue weighted by Gasteiger charge is 2.33. The van der Waals surface area contributed by atoms with Crippen LogP contribution in [0.3, 0.4) is 0 Å². The number of phenolic OH excluding ortho intramolecular Hbond substituents is 1. The molecule has 4 rings (SSSR count). The molecular formula is C23H23N2O4P. The lowest BCUT2D eigenvalue weighted by molar-refractivity contribution is 0.369. The normalized spacial score (nSPS) is 17.5. The number of amidine groups is 1. The molecule has 0 saturated heterocycles. The lowest BCUT2D eigenvalue weighted by Crippen LogP contribution is -2.36. The van der Waals surface area contributed by atoms with Gasteiger partial charge in [0.25, 0.3) is 0 Å². The molecule has 3 aromatic carbocycles. The zero-order chi connectivity index (χ0) is 21.1. The minimum Gasteiger partial charge on any atom is -0.508 e. The van der Waals surface area contributed by atoms with Gasteiger partial charge in [0.05, 0.1) is 6.04 Å². The highest BCUT2D eigenvalue weighted by atomic mass is 31.2. The summed E-state index contributed by atoms with van der Waals surface area (Å²) in [6, 6.07) is 23.0. The molecule has 0 bridgehead atoms. The number of hydrogen-bond donors (Lipinski definition) is 1. The van der Waals surface area contributed by atoms with Gasteiger partial charge in [0, 0.05) is 13.5 Å². The summed E-state index contributed by atoms with van der Waals surface area (Å²) in [6.45, 7) is 2.01. The number of fused-ring (bicyclic) bond motifs is 1. The molecule has 1 aliphatic heterocycles. The highest BCUT2D eigenvalue weighted by molar-refractivity contribution is 7.53. The number of aromatic hydroxyl groups is 1. The van der Waals surface area contributed by atoms with Gasteiger partial charge in [0.2, 0.25) is 0 Å². The van der Waals surface area contributed by atoms with E-state index in [1.165, 1.54) is 0 Å². The van der Waals surface area contributed by atoms with Crippen molar-refractivity contribution in [3.8, 4) is 17.2 Å². The summed E-state index contributed by atoms with van der Waals surface area (Å²) >= 11 is 0. The van der Waals surface area contributed by atoms with Gasteiger partial charge in [-0.1, -0.05) is 42.5 Å². The molecule has 0 saturated carbocycles. The number of rotatable bonds is 5. The SMILES string of the molecule is CC1c2cc(O)ccc2C/C(=N/P(=O)(Oc2ccccc2)Oc2ccccc2)N1C. The summed E-state index contributed by atoms with van der Waals surface area (Å²) in [7, 11) is -2.04. The predicted molar refractivity (Wildman–Crippen MR) is 117 cm³/mol. The van der Waals surface area contributed by atoms with Crippen LogP contribution >= 0.6 is 7.75 Å². The van der Waals surface area contributed by atoms with Crippen LogP contribution in [0.15, 0.2) is 83.6 Å². The number of hydrogen-bond acceptors (Lipinski definition) is 4. The second-order valence-electron chi connectivity index (χ2n) is 7.14. The van der Waals surface area contributed by atoms with Crippen molar-refractivity contribution in [2.45, 2.75) is 19.4 Å². The van der Waals surface area contributed by atoms with Gasteiger partial charge in [-0.25, -0.2) is 4.57 Å². The first-order chi connectivity index (χ1) is 14.4. The fourth-order valence-electron chi connectivity index (χ4n) is 3.40. The first-order valence-corrected chi connectivity index (χ1v) is 11.2. The average molecular weight is 422 g/mol. The molecule has 0 amide bonds. The Labute approximate surface area is 176 Å². The van der Waals surface area contributed by atoms with Crippen molar-refractivity contribution in [1.82, 2.24) is 4.90 Å². The highest BCUT2D eigenvalue weighted by Crippen LogP contribution is 2.51. The molecule has 1 atom stereocenters. The smallest absolute Gasteiger partial charge is 0.508 e. The van der Waals surface area contributed by atoms with E-state index < -0.39 is 7.75 Å². The van der Waals surface area contributed by atoms with Crippen molar-refractivity contribution in [3.05, 3.63) is 90.0 Å². The zero-order valence-corrected chi connectivity index (χ0v) is 17.7. The topological polar surface area (TPSA) is 71.4 Å². The summed E-state index contributed by atoms with van der Waals surface area (Å²) in [6.07, 6.45) is 0.455. The summed E-state index contributed by atoms with van der Waals surface area (Å²) < 4.78 is 29.8. The molecule has 1 heterocycles. The van der Waals surface area contributed by atoms with Crippen LogP contribution in [-0.4, -0.2) is 22.9 Å². The van der Waals surface area contributed by atoms with Crippen LogP contribution in [0.2, 0.25) is 0 Å². The molecule has 1 aliphatic rings. The van der Waals surface area contributed by atoms with Gasteiger partial charge in [-0.3, -0.25) is 0 Å². The standard InChI is InChI=1S/C23H23N2O4P/c1-17-22-16-19(26)14-13-18(22)15-23(25(17)2)24-30(27,28-20-9-5-3-6-10-20)29-21-11-7-4-8-12-21/h3-14,16-17,26H,15H2,1-2H3/b24-23-. The maximum absolute atomic E-state index is 13.7. The van der Waals surface area contributed by atoms with Crippen molar-refractivity contribution in [3.63, 3.8) is 0 Å². The fraction of sp³-hybridized carbons (Fsp3) is 0.174. The van der Waals surface area contributed by atoms with Crippen LogP contribution < -0.4 is 9.05 Å². The Bertz CT molecular complexity index is 1060. The Balaban J connectivity index is 1.72. The van der Waals surface area contributed by atoms with Gasteiger partial charge >= 0.3 is 7.75 Å². The van der Waals surface area contributed by atoms with Gasteiger partial charge in [-0.2, -0.15) is 0 Å². The monoisotopic (exact) mass is 422 g/mol. The summed E-state index contributed by atoms with van der Waals surface area (Å²) in [5.41, 5.74) is 2.03. The van der Waals surface area contributed by atoms with Crippen LogP contribution in [0.4, 0.5) is 0 Å².